The van der Waals surface area contributed by atoms with E-state index in [9.17, 15) is 14.7 Å². The van der Waals surface area contributed by atoms with Crippen LogP contribution in [0.2, 0.25) is 5.02 Å². The molecule has 38 heavy (non-hydrogen) atoms. The molecule has 1 amide bonds. The Balaban J connectivity index is 1.57. The predicted molar refractivity (Wildman–Crippen MR) is 153 cm³/mol. The lowest BCUT2D eigenvalue weighted by Gasteiger charge is -2.32. The lowest BCUT2D eigenvalue weighted by Crippen LogP contribution is -2.46. The maximum absolute atomic E-state index is 13.6. The first kappa shape index (κ1) is 27.3. The summed E-state index contributed by atoms with van der Waals surface area (Å²) < 4.78 is 2.31. The number of carbonyl (C=O) groups excluding carboxylic acids is 1. The van der Waals surface area contributed by atoms with Crippen molar-refractivity contribution >= 4 is 23.5 Å². The normalized spacial score (nSPS) is 23.1. The molecule has 1 heterocycles. The Morgan fingerprint density at radius 2 is 1.76 bits per heavy atom. The van der Waals surface area contributed by atoms with Crippen LogP contribution in [0.4, 0.5) is 0 Å². The highest BCUT2D eigenvalue weighted by atomic mass is 35.5. The highest BCUT2D eigenvalue weighted by Gasteiger charge is 2.40. The van der Waals surface area contributed by atoms with Crippen LogP contribution in [-0.2, 0) is 22.2 Å². The van der Waals surface area contributed by atoms with Gasteiger partial charge in [0.05, 0.1) is 22.2 Å². The number of hydrogen-bond acceptors (Lipinski definition) is 2. The first-order chi connectivity index (χ1) is 17.9. The number of aliphatic carboxylic acids is 1. The molecule has 0 bridgehead atoms. The number of amides is 1. The number of benzene rings is 1. The third kappa shape index (κ3) is 5.28. The third-order valence-corrected chi connectivity index (χ3v) is 9.82. The van der Waals surface area contributed by atoms with Crippen LogP contribution in [-0.4, -0.2) is 27.6 Å². The minimum absolute atomic E-state index is 0.0105. The Kier molecular flexibility index (Phi) is 7.21. The fourth-order valence-electron chi connectivity index (χ4n) is 6.32. The first-order valence-corrected chi connectivity index (χ1v) is 14.8. The largest absolute Gasteiger partial charge is 0.481 e. The van der Waals surface area contributed by atoms with Crippen molar-refractivity contribution < 1.29 is 14.7 Å². The van der Waals surface area contributed by atoms with Crippen LogP contribution in [0.5, 0.6) is 0 Å². The molecular formula is C32H43ClN2O3. The van der Waals surface area contributed by atoms with Gasteiger partial charge in [0, 0.05) is 23.8 Å². The average Bonchev–Trinajstić information content (AvgIpc) is 3.53. The van der Waals surface area contributed by atoms with E-state index in [4.69, 9.17) is 11.6 Å². The Bertz CT molecular complexity index is 1210. The molecule has 3 saturated carbocycles. The summed E-state index contributed by atoms with van der Waals surface area (Å²) in [5, 5.41) is 12.8. The molecule has 3 fully saturated rings. The van der Waals surface area contributed by atoms with Crippen LogP contribution >= 0.6 is 11.6 Å². The van der Waals surface area contributed by atoms with Gasteiger partial charge in [-0.1, -0.05) is 64.6 Å². The lowest BCUT2D eigenvalue weighted by molar-refractivity contribution is -0.145. The van der Waals surface area contributed by atoms with Gasteiger partial charge in [-0.15, -0.1) is 0 Å². The van der Waals surface area contributed by atoms with E-state index in [1.165, 1.54) is 56.1 Å². The SMILES string of the molecule is Cc1c(C(=O)NC2CC(C(=O)O)C2)c(Cl)c(-c2cc(C(C)(C)C)cc(C3(C)CC3)c2)n1CC1CCCCC1. The molecule has 6 heteroatoms. The predicted octanol–water partition coefficient (Wildman–Crippen LogP) is 7.64. The second kappa shape index (κ2) is 10.0. The molecule has 2 N–H and O–H groups in total. The summed E-state index contributed by atoms with van der Waals surface area (Å²) >= 11 is 7.18. The number of nitrogens with zero attached hydrogens (tertiary/aromatic N) is 1. The van der Waals surface area contributed by atoms with Crippen LogP contribution in [0.15, 0.2) is 18.2 Å². The number of rotatable bonds is 7. The van der Waals surface area contributed by atoms with E-state index >= 15 is 0 Å². The highest BCUT2D eigenvalue weighted by Crippen LogP contribution is 2.50. The van der Waals surface area contributed by atoms with Crippen molar-refractivity contribution in [3.63, 3.8) is 0 Å². The Labute approximate surface area is 232 Å². The maximum atomic E-state index is 13.6. The summed E-state index contributed by atoms with van der Waals surface area (Å²) in [6, 6.07) is 6.84. The third-order valence-electron chi connectivity index (χ3n) is 9.45. The van der Waals surface area contributed by atoms with Gasteiger partial charge in [0.25, 0.3) is 5.91 Å². The second-order valence-corrected chi connectivity index (χ2v) is 13.9. The van der Waals surface area contributed by atoms with Crippen LogP contribution in [0.25, 0.3) is 11.3 Å². The van der Waals surface area contributed by atoms with Gasteiger partial charge in [0.1, 0.15) is 0 Å². The molecule has 0 radical (unpaired) electrons. The summed E-state index contributed by atoms with van der Waals surface area (Å²) in [7, 11) is 0. The minimum atomic E-state index is -0.787. The second-order valence-electron chi connectivity index (χ2n) is 13.5. The zero-order valence-corrected chi connectivity index (χ0v) is 24.4. The van der Waals surface area contributed by atoms with Crippen molar-refractivity contribution in [3.8, 4) is 11.3 Å². The highest BCUT2D eigenvalue weighted by molar-refractivity contribution is 6.36. The van der Waals surface area contributed by atoms with Gasteiger partial charge in [0.2, 0.25) is 0 Å². The van der Waals surface area contributed by atoms with Crippen molar-refractivity contribution in [2.45, 2.75) is 116 Å². The standard InChI is InChI=1S/C32H43ClN2O3/c1-19-26(29(36)34-25-15-22(16-25)30(37)38)27(33)28(35(19)18-20-9-7-6-8-10-20)21-13-23(31(2,3)4)17-24(14-21)32(5)11-12-32/h13-14,17,20,22,25H,6-12,15-16,18H2,1-5H3,(H,34,36)(H,37,38). The molecule has 206 valence electrons. The lowest BCUT2D eigenvalue weighted by atomic mass is 9.80. The van der Waals surface area contributed by atoms with Crippen molar-refractivity contribution in [2.75, 3.05) is 0 Å². The summed E-state index contributed by atoms with van der Waals surface area (Å²) in [6.45, 7) is 12.0. The Hall–Kier alpha value is -2.27. The molecule has 0 aliphatic heterocycles. The van der Waals surface area contributed by atoms with E-state index in [1.807, 2.05) is 6.92 Å². The zero-order valence-electron chi connectivity index (χ0n) is 23.6. The van der Waals surface area contributed by atoms with Gasteiger partial charge in [-0.05, 0) is 85.5 Å². The molecule has 0 spiro atoms. The molecule has 3 aliphatic carbocycles. The molecule has 0 unspecified atom stereocenters. The van der Waals surface area contributed by atoms with Crippen molar-refractivity contribution in [1.29, 1.82) is 0 Å². The first-order valence-electron chi connectivity index (χ1n) is 14.5. The smallest absolute Gasteiger partial charge is 0.306 e. The van der Waals surface area contributed by atoms with Crippen LogP contribution in [0.3, 0.4) is 0 Å². The van der Waals surface area contributed by atoms with E-state index in [-0.39, 0.29) is 28.7 Å². The summed E-state index contributed by atoms with van der Waals surface area (Å²) in [6.07, 6.45) is 9.58. The molecular weight excluding hydrogens is 496 g/mol. The van der Waals surface area contributed by atoms with E-state index in [0.717, 1.165) is 23.5 Å². The fraction of sp³-hybridized carbons (Fsp3) is 0.625. The Morgan fingerprint density at radius 1 is 1.11 bits per heavy atom. The van der Waals surface area contributed by atoms with E-state index in [2.05, 4.69) is 55.8 Å². The topological polar surface area (TPSA) is 71.3 Å². The van der Waals surface area contributed by atoms with E-state index < -0.39 is 5.97 Å². The molecule has 5 nitrogen and oxygen atoms in total. The number of carboxylic acid groups (broad SMARTS) is 1. The molecule has 0 saturated heterocycles. The van der Waals surface area contributed by atoms with Gasteiger partial charge in [-0.2, -0.15) is 0 Å². The minimum Gasteiger partial charge on any atom is -0.481 e. The van der Waals surface area contributed by atoms with Crippen LogP contribution in [0.1, 0.15) is 113 Å². The van der Waals surface area contributed by atoms with Crippen molar-refractivity contribution in [1.82, 2.24) is 9.88 Å². The van der Waals surface area contributed by atoms with E-state index in [1.54, 1.807) is 0 Å². The number of hydrogen-bond donors (Lipinski definition) is 2. The molecule has 1 aromatic heterocycles. The van der Waals surface area contributed by atoms with Gasteiger partial charge >= 0.3 is 5.97 Å². The number of nitrogens with one attached hydrogen (secondary N) is 1. The van der Waals surface area contributed by atoms with Crippen LogP contribution in [0, 0.1) is 18.8 Å². The van der Waals surface area contributed by atoms with Gasteiger partial charge in [-0.3, -0.25) is 9.59 Å². The summed E-state index contributed by atoms with van der Waals surface area (Å²) in [4.78, 5) is 24.8. The quantitative estimate of drug-likeness (QED) is 0.380. The van der Waals surface area contributed by atoms with Crippen molar-refractivity contribution in [2.24, 2.45) is 11.8 Å². The molecule has 1 aromatic carbocycles. The van der Waals surface area contributed by atoms with Crippen LogP contribution < -0.4 is 5.32 Å². The molecule has 0 atom stereocenters. The number of aromatic nitrogens is 1. The maximum Gasteiger partial charge on any atom is 0.306 e. The molecule has 2 aromatic rings. The van der Waals surface area contributed by atoms with Crippen molar-refractivity contribution in [3.05, 3.63) is 45.6 Å². The van der Waals surface area contributed by atoms with Gasteiger partial charge in [0.15, 0.2) is 0 Å². The summed E-state index contributed by atoms with van der Waals surface area (Å²) in [5.41, 5.74) is 6.34. The number of carboxylic acids is 1. The van der Waals surface area contributed by atoms with Gasteiger partial charge in [-0.25, -0.2) is 0 Å². The number of halogens is 1. The number of carbonyl (C=O) groups is 2. The summed E-state index contributed by atoms with van der Waals surface area (Å²) in [5.74, 6) is -0.767. The monoisotopic (exact) mass is 538 g/mol. The Morgan fingerprint density at radius 3 is 2.34 bits per heavy atom. The fourth-order valence-corrected chi connectivity index (χ4v) is 6.75. The van der Waals surface area contributed by atoms with E-state index in [0.29, 0.717) is 29.3 Å². The molecule has 5 rings (SSSR count). The average molecular weight is 539 g/mol. The molecule has 3 aliphatic rings. The zero-order chi connectivity index (χ0) is 27.4. The van der Waals surface area contributed by atoms with Gasteiger partial charge < -0.3 is 15.0 Å².